The van der Waals surface area contributed by atoms with Crippen molar-refractivity contribution in [3.05, 3.63) is 48.0 Å². The van der Waals surface area contributed by atoms with Gasteiger partial charge >= 0.3 is 0 Å². The summed E-state index contributed by atoms with van der Waals surface area (Å²) in [5.41, 5.74) is 1.10. The van der Waals surface area contributed by atoms with E-state index in [0.717, 1.165) is 11.3 Å². The van der Waals surface area contributed by atoms with E-state index in [4.69, 9.17) is 14.2 Å². The second kappa shape index (κ2) is 9.44. The minimum Gasteiger partial charge on any atom is -0.491 e. The smallest absolute Gasteiger partial charge is 0.243 e. The summed E-state index contributed by atoms with van der Waals surface area (Å²) in [6.07, 6.45) is -0.651. The lowest BCUT2D eigenvalue weighted by molar-refractivity contribution is 0.0569. The minimum absolute atomic E-state index is 0.194. The van der Waals surface area contributed by atoms with Crippen LogP contribution in [0, 0.1) is 6.92 Å². The van der Waals surface area contributed by atoms with Crippen LogP contribution in [-0.4, -0.2) is 81.4 Å². The number of rotatable bonds is 7. The Morgan fingerprint density at radius 2 is 1.77 bits per heavy atom. The maximum Gasteiger partial charge on any atom is 0.243 e. The van der Waals surface area contributed by atoms with E-state index < -0.39 is 16.1 Å². The first-order valence-corrected chi connectivity index (χ1v) is 11.9. The molecule has 8 nitrogen and oxygen atoms in total. The van der Waals surface area contributed by atoms with Crippen molar-refractivity contribution in [3.63, 3.8) is 0 Å². The molecule has 168 valence electrons. The highest BCUT2D eigenvalue weighted by Gasteiger charge is 2.30. The van der Waals surface area contributed by atoms with Crippen LogP contribution < -0.4 is 14.2 Å². The molecule has 1 saturated heterocycles. The number of aliphatic hydroxyl groups excluding tert-OH is 1. The number of benzene rings is 2. The molecule has 0 amide bonds. The molecule has 2 aromatic rings. The largest absolute Gasteiger partial charge is 0.491 e. The molecule has 0 aliphatic carbocycles. The lowest BCUT2D eigenvalue weighted by Gasteiger charge is -2.35. The summed E-state index contributed by atoms with van der Waals surface area (Å²) >= 11 is 0. The normalized spacial score (nSPS) is 18.5. The number of hydrogen-bond acceptors (Lipinski definition) is 7. The van der Waals surface area contributed by atoms with Gasteiger partial charge in [-0.2, -0.15) is 4.31 Å². The fraction of sp³-hybridized carbons (Fsp3) is 0.455. The van der Waals surface area contributed by atoms with Gasteiger partial charge in [0.05, 0.1) is 4.90 Å². The standard InChI is InChI=1S/C22H28N2O6S/c1-17-3-2-4-19(13-17)30-16-18(25)15-23-7-9-24(10-8-23)31(26,27)20-5-6-21-22(14-20)29-12-11-28-21/h2-6,13-14,18,25H,7-12,15-16H2,1H3. The monoisotopic (exact) mass is 448 g/mol. The molecule has 0 spiro atoms. The van der Waals surface area contributed by atoms with E-state index in [1.54, 1.807) is 12.1 Å². The summed E-state index contributed by atoms with van der Waals surface area (Å²) in [5.74, 6) is 1.76. The molecule has 0 bridgehead atoms. The molecule has 4 rings (SSSR count). The van der Waals surface area contributed by atoms with Gasteiger partial charge < -0.3 is 19.3 Å². The van der Waals surface area contributed by atoms with Crippen LogP contribution in [0.1, 0.15) is 5.56 Å². The van der Waals surface area contributed by atoms with Crippen molar-refractivity contribution in [2.45, 2.75) is 17.9 Å². The first-order valence-electron chi connectivity index (χ1n) is 10.4. The van der Waals surface area contributed by atoms with E-state index >= 15 is 0 Å². The van der Waals surface area contributed by atoms with Gasteiger partial charge in [0, 0.05) is 38.8 Å². The van der Waals surface area contributed by atoms with Crippen LogP contribution in [0.3, 0.4) is 0 Å². The molecule has 2 aliphatic heterocycles. The van der Waals surface area contributed by atoms with Gasteiger partial charge in [-0.25, -0.2) is 8.42 Å². The number of piperazine rings is 1. The third kappa shape index (κ3) is 5.30. The Morgan fingerprint density at radius 3 is 2.52 bits per heavy atom. The molecule has 2 aliphatic rings. The molecule has 2 heterocycles. The van der Waals surface area contributed by atoms with Crippen molar-refractivity contribution in [1.29, 1.82) is 0 Å². The quantitative estimate of drug-likeness (QED) is 0.687. The van der Waals surface area contributed by atoms with E-state index in [9.17, 15) is 13.5 Å². The summed E-state index contributed by atoms with van der Waals surface area (Å²) in [6.45, 7) is 5.31. The first kappa shape index (κ1) is 21.9. The second-order valence-corrected chi connectivity index (χ2v) is 9.73. The molecule has 0 radical (unpaired) electrons. The van der Waals surface area contributed by atoms with Crippen LogP contribution in [-0.2, 0) is 10.0 Å². The number of ether oxygens (including phenoxy) is 3. The zero-order chi connectivity index (χ0) is 21.8. The molecule has 1 N–H and O–H groups in total. The number of nitrogens with zero attached hydrogens (tertiary/aromatic N) is 2. The van der Waals surface area contributed by atoms with E-state index in [0.29, 0.717) is 57.4 Å². The molecule has 1 atom stereocenters. The van der Waals surface area contributed by atoms with Gasteiger partial charge in [0.25, 0.3) is 0 Å². The van der Waals surface area contributed by atoms with Crippen LogP contribution in [0.25, 0.3) is 0 Å². The average Bonchev–Trinajstić information content (AvgIpc) is 2.78. The zero-order valence-electron chi connectivity index (χ0n) is 17.6. The number of β-amino-alcohol motifs (C(OH)–C–C–N with tert-alkyl or cyclic N) is 1. The lowest BCUT2D eigenvalue weighted by Crippen LogP contribution is -2.50. The lowest BCUT2D eigenvalue weighted by atomic mass is 10.2. The van der Waals surface area contributed by atoms with Crippen molar-refractivity contribution < 1.29 is 27.7 Å². The third-order valence-corrected chi connectivity index (χ3v) is 7.28. The number of aliphatic hydroxyl groups is 1. The van der Waals surface area contributed by atoms with Gasteiger partial charge in [0.2, 0.25) is 10.0 Å². The third-order valence-electron chi connectivity index (χ3n) is 5.38. The minimum atomic E-state index is -3.61. The van der Waals surface area contributed by atoms with E-state index in [-0.39, 0.29) is 11.5 Å². The molecular weight excluding hydrogens is 420 g/mol. The Labute approximate surface area is 183 Å². The van der Waals surface area contributed by atoms with Crippen LogP contribution in [0.4, 0.5) is 0 Å². The van der Waals surface area contributed by atoms with Crippen molar-refractivity contribution in [3.8, 4) is 17.2 Å². The Morgan fingerprint density at radius 1 is 1.03 bits per heavy atom. The molecule has 2 aromatic carbocycles. The van der Waals surface area contributed by atoms with Crippen molar-refractivity contribution in [2.24, 2.45) is 0 Å². The molecule has 1 fully saturated rings. The number of fused-ring (bicyclic) bond motifs is 1. The predicted molar refractivity (Wildman–Crippen MR) is 115 cm³/mol. The Hall–Kier alpha value is -2.33. The Bertz CT molecular complexity index is 1000. The van der Waals surface area contributed by atoms with Gasteiger partial charge in [-0.05, 0) is 36.8 Å². The van der Waals surface area contributed by atoms with E-state index in [2.05, 4.69) is 4.90 Å². The van der Waals surface area contributed by atoms with Gasteiger partial charge in [0.15, 0.2) is 11.5 Å². The van der Waals surface area contributed by atoms with Crippen molar-refractivity contribution in [1.82, 2.24) is 9.21 Å². The summed E-state index contributed by atoms with van der Waals surface area (Å²) in [4.78, 5) is 2.26. The van der Waals surface area contributed by atoms with Gasteiger partial charge in [-0.3, -0.25) is 4.90 Å². The van der Waals surface area contributed by atoms with Gasteiger partial charge in [-0.1, -0.05) is 12.1 Å². The van der Waals surface area contributed by atoms with Crippen LogP contribution >= 0.6 is 0 Å². The highest BCUT2D eigenvalue weighted by atomic mass is 32.2. The van der Waals surface area contributed by atoms with E-state index in [1.165, 1.54) is 10.4 Å². The molecule has 0 aromatic heterocycles. The zero-order valence-corrected chi connectivity index (χ0v) is 18.4. The highest BCUT2D eigenvalue weighted by molar-refractivity contribution is 7.89. The Kier molecular flexibility index (Phi) is 6.66. The number of aryl methyl sites for hydroxylation is 1. The van der Waals surface area contributed by atoms with Crippen molar-refractivity contribution >= 4 is 10.0 Å². The molecule has 1 unspecified atom stereocenters. The molecule has 0 saturated carbocycles. The summed E-state index contributed by atoms with van der Waals surface area (Å²) in [5, 5.41) is 10.3. The fourth-order valence-electron chi connectivity index (χ4n) is 3.73. The predicted octanol–water partition coefficient (Wildman–Crippen LogP) is 1.51. The second-order valence-electron chi connectivity index (χ2n) is 7.79. The molecular formula is C22H28N2O6S. The number of hydrogen-bond donors (Lipinski definition) is 1. The highest BCUT2D eigenvalue weighted by Crippen LogP contribution is 2.33. The van der Waals surface area contributed by atoms with Crippen LogP contribution in [0.15, 0.2) is 47.4 Å². The fourth-order valence-corrected chi connectivity index (χ4v) is 5.17. The maximum absolute atomic E-state index is 13.0. The Balaban J connectivity index is 1.28. The van der Waals surface area contributed by atoms with E-state index in [1.807, 2.05) is 31.2 Å². The maximum atomic E-state index is 13.0. The van der Waals surface area contributed by atoms with Crippen LogP contribution in [0.2, 0.25) is 0 Å². The SMILES string of the molecule is Cc1cccc(OCC(O)CN2CCN(S(=O)(=O)c3ccc4c(c3)OCCO4)CC2)c1. The van der Waals surface area contributed by atoms with Crippen molar-refractivity contribution in [2.75, 3.05) is 52.5 Å². The molecule has 31 heavy (non-hydrogen) atoms. The summed E-state index contributed by atoms with van der Waals surface area (Å²) < 4.78 is 44.2. The average molecular weight is 449 g/mol. The molecule has 9 heteroatoms. The summed E-state index contributed by atoms with van der Waals surface area (Å²) in [6, 6.07) is 12.4. The number of sulfonamides is 1. The first-order chi connectivity index (χ1) is 14.9. The van der Waals surface area contributed by atoms with Gasteiger partial charge in [-0.15, -0.1) is 0 Å². The topological polar surface area (TPSA) is 88.5 Å². The van der Waals surface area contributed by atoms with Crippen LogP contribution in [0.5, 0.6) is 17.2 Å². The van der Waals surface area contributed by atoms with Gasteiger partial charge in [0.1, 0.15) is 31.7 Å². The summed E-state index contributed by atoms with van der Waals surface area (Å²) in [7, 11) is -3.61.